The maximum absolute atomic E-state index is 2.54. The van der Waals surface area contributed by atoms with E-state index in [-0.39, 0.29) is 27.1 Å². The third-order valence-electron chi connectivity index (χ3n) is 17.3. The zero-order chi connectivity index (χ0) is 54.7. The van der Waals surface area contributed by atoms with E-state index in [9.17, 15) is 0 Å². The van der Waals surface area contributed by atoms with Crippen LogP contribution in [0.2, 0.25) is 0 Å². The standard InChI is InChI=1S/C76H79N/c1-70(2,3)50-26-30-55(31-27-50)75(53-22-18-16-19-23-53)66-46-57(73(10,11)12)36-42-62(66)64-44-40-60(48-68(64)75)77(59-38-34-52(35-39-59)72(7,8)9)61-41-45-65-63-43-37-58(74(13,14)15)47-67(63)76(69(65)49-61,54-24-20-17-21-25-54)56-32-28-51(29-33-56)71(4,5)6/h16-49H,1-15H3. The second-order valence-corrected chi connectivity index (χ2v) is 27.5. The first-order valence-electron chi connectivity index (χ1n) is 28.2. The van der Waals surface area contributed by atoms with E-state index in [0.29, 0.717) is 0 Å². The number of anilines is 3. The zero-order valence-electron chi connectivity index (χ0n) is 48.6. The van der Waals surface area contributed by atoms with E-state index in [1.165, 1.54) is 94.6 Å². The quantitative estimate of drug-likeness (QED) is 0.154. The molecule has 2 aliphatic rings. The van der Waals surface area contributed by atoms with Gasteiger partial charge >= 0.3 is 0 Å². The van der Waals surface area contributed by atoms with Crippen molar-refractivity contribution in [3.05, 3.63) is 279 Å². The predicted molar refractivity (Wildman–Crippen MR) is 329 cm³/mol. The number of hydrogen-bond acceptors (Lipinski definition) is 1. The van der Waals surface area contributed by atoms with Crippen molar-refractivity contribution in [3.63, 3.8) is 0 Å². The minimum absolute atomic E-state index is 0.00445. The topological polar surface area (TPSA) is 3.24 Å². The van der Waals surface area contributed by atoms with Crippen LogP contribution < -0.4 is 4.90 Å². The van der Waals surface area contributed by atoms with Crippen molar-refractivity contribution in [2.45, 2.75) is 142 Å². The van der Waals surface area contributed by atoms with Crippen LogP contribution in [0.15, 0.2) is 206 Å². The minimum atomic E-state index is -0.604. The molecule has 0 heterocycles. The number of benzene rings is 9. The van der Waals surface area contributed by atoms with Crippen LogP contribution in [0.25, 0.3) is 22.3 Å². The Hall–Kier alpha value is -7.22. The maximum atomic E-state index is 2.54. The van der Waals surface area contributed by atoms with E-state index >= 15 is 0 Å². The van der Waals surface area contributed by atoms with E-state index in [1.54, 1.807) is 0 Å². The summed E-state index contributed by atoms with van der Waals surface area (Å²) < 4.78 is 0. The molecule has 388 valence electrons. The van der Waals surface area contributed by atoms with Crippen LogP contribution in [0.1, 0.15) is 176 Å². The Morgan fingerprint density at radius 2 is 0.481 bits per heavy atom. The third kappa shape index (κ3) is 8.61. The van der Waals surface area contributed by atoms with Crippen molar-refractivity contribution in [1.29, 1.82) is 0 Å². The third-order valence-corrected chi connectivity index (χ3v) is 17.3. The summed E-state index contributed by atoms with van der Waals surface area (Å²) in [4.78, 5) is 2.54. The summed E-state index contributed by atoms with van der Waals surface area (Å²) >= 11 is 0. The largest absolute Gasteiger partial charge is 0.310 e. The van der Waals surface area contributed by atoms with Crippen LogP contribution >= 0.6 is 0 Å². The van der Waals surface area contributed by atoms with Gasteiger partial charge in [0.1, 0.15) is 0 Å². The van der Waals surface area contributed by atoms with Crippen molar-refractivity contribution >= 4 is 17.1 Å². The van der Waals surface area contributed by atoms with Gasteiger partial charge in [-0.15, -0.1) is 0 Å². The summed E-state index contributed by atoms with van der Waals surface area (Å²) in [5.74, 6) is 0. The van der Waals surface area contributed by atoms with Crippen molar-refractivity contribution in [3.8, 4) is 22.3 Å². The molecule has 9 aromatic rings. The molecule has 77 heavy (non-hydrogen) atoms. The van der Waals surface area contributed by atoms with Gasteiger partial charge in [0.15, 0.2) is 0 Å². The van der Waals surface area contributed by atoms with Crippen LogP contribution in [0, 0.1) is 0 Å². The van der Waals surface area contributed by atoms with Gasteiger partial charge in [0.2, 0.25) is 0 Å². The van der Waals surface area contributed by atoms with Crippen molar-refractivity contribution < 1.29 is 0 Å². The van der Waals surface area contributed by atoms with Gasteiger partial charge < -0.3 is 4.90 Å². The van der Waals surface area contributed by atoms with Gasteiger partial charge in [-0.1, -0.05) is 274 Å². The highest BCUT2D eigenvalue weighted by atomic mass is 15.1. The maximum Gasteiger partial charge on any atom is 0.0714 e. The Morgan fingerprint density at radius 3 is 0.792 bits per heavy atom. The lowest BCUT2D eigenvalue weighted by atomic mass is 9.66. The SMILES string of the molecule is CC(C)(C)c1ccc(N(c2ccc3c(c2)C(c2ccccc2)(c2ccc(C(C)(C)C)cc2)c2cc(C(C)(C)C)ccc2-3)c2ccc3c(c2)C(c2ccccc2)(c2ccc(C(C)(C)C)cc2)c2cc(C(C)(C)C)ccc2-3)cc1. The van der Waals surface area contributed by atoms with Gasteiger partial charge in [-0.05, 0) is 158 Å². The highest BCUT2D eigenvalue weighted by Crippen LogP contribution is 2.60. The van der Waals surface area contributed by atoms with E-state index in [2.05, 4.69) is 315 Å². The second kappa shape index (κ2) is 18.2. The molecular weight excluding hydrogens is 927 g/mol. The summed E-state index contributed by atoms with van der Waals surface area (Å²) in [6, 6.07) is 80.5. The molecule has 0 bridgehead atoms. The molecule has 0 fully saturated rings. The molecule has 2 atom stereocenters. The molecule has 2 aliphatic carbocycles. The molecular formula is C76H79N. The minimum Gasteiger partial charge on any atom is -0.310 e. The Bertz CT molecular complexity index is 3440. The van der Waals surface area contributed by atoms with Crippen molar-refractivity contribution in [2.75, 3.05) is 4.90 Å². The van der Waals surface area contributed by atoms with E-state index in [4.69, 9.17) is 0 Å². The summed E-state index contributed by atoms with van der Waals surface area (Å²) in [5, 5.41) is 0. The highest BCUT2D eigenvalue weighted by Gasteiger charge is 2.49. The number of rotatable bonds is 7. The lowest BCUT2D eigenvalue weighted by molar-refractivity contribution is 0.586. The summed E-state index contributed by atoms with van der Waals surface area (Å²) in [7, 11) is 0. The Morgan fingerprint density at radius 1 is 0.234 bits per heavy atom. The fourth-order valence-corrected chi connectivity index (χ4v) is 12.8. The predicted octanol–water partition coefficient (Wildman–Crippen LogP) is 20.4. The van der Waals surface area contributed by atoms with Crippen LogP contribution in [0.4, 0.5) is 17.1 Å². The molecule has 0 spiro atoms. The molecule has 0 saturated heterocycles. The van der Waals surface area contributed by atoms with Gasteiger partial charge in [0.25, 0.3) is 0 Å². The smallest absolute Gasteiger partial charge is 0.0714 e. The summed E-state index contributed by atoms with van der Waals surface area (Å²) in [6.45, 7) is 34.8. The van der Waals surface area contributed by atoms with Crippen LogP contribution in [-0.4, -0.2) is 0 Å². The lowest BCUT2D eigenvalue weighted by Crippen LogP contribution is -2.30. The van der Waals surface area contributed by atoms with E-state index in [1.807, 2.05) is 0 Å². The summed E-state index contributed by atoms with van der Waals surface area (Å²) in [5.41, 5.74) is 24.2. The first-order chi connectivity index (χ1) is 36.3. The number of nitrogens with zero attached hydrogens (tertiary/aromatic N) is 1. The Balaban J connectivity index is 1.21. The second-order valence-electron chi connectivity index (χ2n) is 27.5. The van der Waals surface area contributed by atoms with Crippen LogP contribution in [0.5, 0.6) is 0 Å². The van der Waals surface area contributed by atoms with Crippen molar-refractivity contribution in [2.24, 2.45) is 0 Å². The van der Waals surface area contributed by atoms with Crippen LogP contribution in [0.3, 0.4) is 0 Å². The van der Waals surface area contributed by atoms with Crippen LogP contribution in [-0.2, 0) is 37.9 Å². The van der Waals surface area contributed by atoms with E-state index in [0.717, 1.165) is 17.1 Å². The first kappa shape index (κ1) is 51.9. The van der Waals surface area contributed by atoms with Crippen molar-refractivity contribution in [1.82, 2.24) is 0 Å². The fourth-order valence-electron chi connectivity index (χ4n) is 12.8. The van der Waals surface area contributed by atoms with Gasteiger partial charge in [-0.2, -0.15) is 0 Å². The highest BCUT2D eigenvalue weighted by molar-refractivity contribution is 5.92. The lowest BCUT2D eigenvalue weighted by Gasteiger charge is -2.37. The molecule has 0 aliphatic heterocycles. The number of fused-ring (bicyclic) bond motifs is 6. The number of hydrogen-bond donors (Lipinski definition) is 0. The summed E-state index contributed by atoms with van der Waals surface area (Å²) in [6.07, 6.45) is 0. The van der Waals surface area contributed by atoms with E-state index < -0.39 is 10.8 Å². The molecule has 1 heteroatoms. The normalized spacial score (nSPS) is 17.1. The molecule has 0 N–H and O–H groups in total. The molecule has 1 nitrogen and oxygen atoms in total. The van der Waals surface area contributed by atoms with Gasteiger partial charge in [0, 0.05) is 17.1 Å². The van der Waals surface area contributed by atoms with Gasteiger partial charge in [0.05, 0.1) is 10.8 Å². The van der Waals surface area contributed by atoms with Gasteiger partial charge in [-0.3, -0.25) is 0 Å². The fraction of sp³-hybridized carbons (Fsp3) is 0.289. The average Bonchev–Trinajstić information content (AvgIpc) is 4.05. The zero-order valence-corrected chi connectivity index (χ0v) is 48.6. The molecule has 0 radical (unpaired) electrons. The molecule has 2 unspecified atom stereocenters. The molecule has 0 saturated carbocycles. The first-order valence-corrected chi connectivity index (χ1v) is 28.2. The Kier molecular flexibility index (Phi) is 12.3. The van der Waals surface area contributed by atoms with Gasteiger partial charge in [-0.25, -0.2) is 0 Å². The molecule has 11 rings (SSSR count). The molecule has 0 aromatic heterocycles. The monoisotopic (exact) mass is 1010 g/mol. The molecule has 9 aromatic carbocycles. The average molecular weight is 1010 g/mol. The molecule has 0 amide bonds. The Labute approximate surface area is 462 Å².